The van der Waals surface area contributed by atoms with E-state index in [1.165, 1.54) is 11.1 Å². The number of halogens is 2. The molecule has 6 nitrogen and oxygen atoms in total. The summed E-state index contributed by atoms with van der Waals surface area (Å²) < 4.78 is 1.94. The highest BCUT2D eigenvalue weighted by Crippen LogP contribution is 2.16. The Kier molecular flexibility index (Phi) is 10.2. The number of benzene rings is 1. The van der Waals surface area contributed by atoms with Crippen LogP contribution in [0.5, 0.6) is 0 Å². The zero-order valence-corrected chi connectivity index (χ0v) is 20.4. The van der Waals surface area contributed by atoms with Crippen LogP contribution in [0.2, 0.25) is 5.02 Å². The molecule has 1 aliphatic heterocycles. The van der Waals surface area contributed by atoms with Crippen LogP contribution in [-0.4, -0.2) is 52.9 Å². The molecule has 0 saturated carbocycles. The van der Waals surface area contributed by atoms with Gasteiger partial charge < -0.3 is 10.6 Å². The molecule has 2 heterocycles. The molecule has 0 spiro atoms. The Bertz CT molecular complexity index is 753. The number of nitrogens with zero attached hydrogens (tertiary/aromatic N) is 4. The van der Waals surface area contributed by atoms with Gasteiger partial charge in [-0.15, -0.1) is 24.0 Å². The monoisotopic (exact) mass is 530 g/mol. The highest BCUT2D eigenvalue weighted by atomic mass is 127. The highest BCUT2D eigenvalue weighted by Gasteiger charge is 2.20. The van der Waals surface area contributed by atoms with Crippen LogP contribution in [0.1, 0.15) is 30.9 Å². The van der Waals surface area contributed by atoms with Crippen LogP contribution >= 0.6 is 35.6 Å². The molecular weight excluding hydrogens is 499 g/mol. The Hall–Kier alpha value is -1.32. The first kappa shape index (κ1) is 24.0. The Morgan fingerprint density at radius 3 is 2.59 bits per heavy atom. The lowest BCUT2D eigenvalue weighted by molar-refractivity contribution is 0.198. The van der Waals surface area contributed by atoms with E-state index in [4.69, 9.17) is 16.6 Å². The van der Waals surface area contributed by atoms with Gasteiger partial charge in [-0.2, -0.15) is 5.10 Å². The van der Waals surface area contributed by atoms with Crippen molar-refractivity contribution in [3.63, 3.8) is 0 Å². The molecule has 8 heteroatoms. The predicted molar refractivity (Wildman–Crippen MR) is 131 cm³/mol. The summed E-state index contributed by atoms with van der Waals surface area (Å²) in [7, 11) is 0. The summed E-state index contributed by atoms with van der Waals surface area (Å²) in [6.07, 6.45) is 6.17. The quantitative estimate of drug-likeness (QED) is 0.326. The van der Waals surface area contributed by atoms with E-state index < -0.39 is 0 Å². The molecule has 0 bridgehead atoms. The first-order valence-electron chi connectivity index (χ1n) is 10.1. The van der Waals surface area contributed by atoms with Gasteiger partial charge in [-0.3, -0.25) is 14.6 Å². The molecule has 2 aromatic rings. The van der Waals surface area contributed by atoms with Crippen molar-refractivity contribution in [2.24, 2.45) is 4.99 Å². The second-order valence-corrected chi connectivity index (χ2v) is 7.80. The number of hydrogen-bond acceptors (Lipinski definition) is 3. The number of likely N-dealkylation sites (tertiary alicyclic amines) is 1. The second kappa shape index (κ2) is 12.4. The van der Waals surface area contributed by atoms with Crippen LogP contribution in [0.15, 0.2) is 41.7 Å². The first-order chi connectivity index (χ1) is 13.6. The summed E-state index contributed by atoms with van der Waals surface area (Å²) in [5, 5.41) is 12.1. The molecule has 0 amide bonds. The third kappa shape index (κ3) is 8.14. The summed E-state index contributed by atoms with van der Waals surface area (Å²) >= 11 is 5.98. The minimum Gasteiger partial charge on any atom is -0.357 e. The van der Waals surface area contributed by atoms with Crippen molar-refractivity contribution in [1.82, 2.24) is 25.3 Å². The van der Waals surface area contributed by atoms with Gasteiger partial charge in [0, 0.05) is 43.4 Å². The third-order valence-electron chi connectivity index (χ3n) is 4.95. The van der Waals surface area contributed by atoms with Gasteiger partial charge in [0.05, 0.1) is 19.3 Å². The minimum absolute atomic E-state index is 0. The maximum absolute atomic E-state index is 5.98. The van der Waals surface area contributed by atoms with Crippen molar-refractivity contribution >= 4 is 41.5 Å². The lowest BCUT2D eigenvalue weighted by atomic mass is 10.0. The number of nitrogens with one attached hydrogen (secondary N) is 2. The highest BCUT2D eigenvalue weighted by molar-refractivity contribution is 14.0. The first-order valence-corrected chi connectivity index (χ1v) is 10.5. The number of rotatable bonds is 7. The van der Waals surface area contributed by atoms with Gasteiger partial charge >= 0.3 is 0 Å². The molecule has 0 radical (unpaired) electrons. The molecule has 0 atom stereocenters. The fourth-order valence-corrected chi connectivity index (χ4v) is 3.58. The molecule has 1 fully saturated rings. The predicted octanol–water partition coefficient (Wildman–Crippen LogP) is 3.68. The molecule has 0 unspecified atom stereocenters. The fraction of sp³-hybridized carbons (Fsp3) is 0.524. The Labute approximate surface area is 196 Å². The largest absolute Gasteiger partial charge is 0.357 e. The Morgan fingerprint density at radius 2 is 1.97 bits per heavy atom. The van der Waals surface area contributed by atoms with E-state index in [2.05, 4.69) is 46.6 Å². The Morgan fingerprint density at radius 1 is 1.24 bits per heavy atom. The number of aryl methyl sites for hydroxylation is 1. The summed E-state index contributed by atoms with van der Waals surface area (Å²) in [4.78, 5) is 7.22. The smallest absolute Gasteiger partial charge is 0.191 e. The molecule has 1 saturated heterocycles. The number of aromatic nitrogens is 2. The SMILES string of the molecule is CCNC(=NCCn1cc(C)cn1)NC1CCN(Cc2ccc(Cl)cc2)CC1.I. The molecule has 1 aliphatic rings. The van der Waals surface area contributed by atoms with Crippen molar-refractivity contribution in [3.8, 4) is 0 Å². The fourth-order valence-electron chi connectivity index (χ4n) is 3.45. The van der Waals surface area contributed by atoms with Gasteiger partial charge in [0.1, 0.15) is 0 Å². The Balaban J connectivity index is 0.00000300. The third-order valence-corrected chi connectivity index (χ3v) is 5.21. The molecular formula is C21H32ClIN6. The molecule has 1 aromatic carbocycles. The standard InChI is InChI=1S/C21H31ClN6.HI/c1-3-23-21(24-10-13-28-15-17(2)14-25-28)26-20-8-11-27(12-9-20)16-18-4-6-19(22)7-5-18;/h4-7,14-15,20H,3,8-13,16H2,1-2H3,(H2,23,24,26);1H. The van der Waals surface area contributed by atoms with Crippen LogP contribution in [0, 0.1) is 6.92 Å². The van der Waals surface area contributed by atoms with Crippen molar-refractivity contribution in [3.05, 3.63) is 52.8 Å². The van der Waals surface area contributed by atoms with Crippen LogP contribution in [0.25, 0.3) is 0 Å². The molecule has 29 heavy (non-hydrogen) atoms. The van der Waals surface area contributed by atoms with E-state index in [0.717, 1.165) is 56.5 Å². The van der Waals surface area contributed by atoms with Gasteiger partial charge in [0.2, 0.25) is 0 Å². The lowest BCUT2D eigenvalue weighted by Gasteiger charge is -2.33. The van der Waals surface area contributed by atoms with Crippen LogP contribution in [0.3, 0.4) is 0 Å². The summed E-state index contributed by atoms with van der Waals surface area (Å²) in [6.45, 7) is 9.69. The summed E-state index contributed by atoms with van der Waals surface area (Å²) in [6, 6.07) is 8.63. The van der Waals surface area contributed by atoms with E-state index in [1.807, 2.05) is 29.2 Å². The topological polar surface area (TPSA) is 57.5 Å². The van der Waals surface area contributed by atoms with E-state index in [1.54, 1.807) is 0 Å². The van der Waals surface area contributed by atoms with Crippen molar-refractivity contribution in [2.45, 2.75) is 45.8 Å². The van der Waals surface area contributed by atoms with Crippen molar-refractivity contribution < 1.29 is 0 Å². The summed E-state index contributed by atoms with van der Waals surface area (Å²) in [5.74, 6) is 0.905. The van der Waals surface area contributed by atoms with Gasteiger partial charge in [0.15, 0.2) is 5.96 Å². The normalized spacial score (nSPS) is 15.8. The number of piperidine rings is 1. The molecule has 3 rings (SSSR count). The maximum Gasteiger partial charge on any atom is 0.191 e. The zero-order chi connectivity index (χ0) is 19.8. The average Bonchev–Trinajstić information content (AvgIpc) is 3.10. The maximum atomic E-state index is 5.98. The molecule has 2 N–H and O–H groups in total. The molecule has 1 aromatic heterocycles. The van der Waals surface area contributed by atoms with Gasteiger partial charge in [-0.05, 0) is 49.9 Å². The van der Waals surface area contributed by atoms with Crippen molar-refractivity contribution in [2.75, 3.05) is 26.2 Å². The van der Waals surface area contributed by atoms with E-state index in [9.17, 15) is 0 Å². The van der Waals surface area contributed by atoms with Crippen LogP contribution < -0.4 is 10.6 Å². The second-order valence-electron chi connectivity index (χ2n) is 7.36. The molecule has 0 aliphatic carbocycles. The van der Waals surface area contributed by atoms with E-state index in [0.29, 0.717) is 12.6 Å². The van der Waals surface area contributed by atoms with E-state index in [-0.39, 0.29) is 24.0 Å². The minimum atomic E-state index is 0. The van der Waals surface area contributed by atoms with Crippen LogP contribution in [-0.2, 0) is 13.1 Å². The van der Waals surface area contributed by atoms with Crippen LogP contribution in [0.4, 0.5) is 0 Å². The van der Waals surface area contributed by atoms with E-state index >= 15 is 0 Å². The van der Waals surface area contributed by atoms with Gasteiger partial charge in [-0.1, -0.05) is 23.7 Å². The zero-order valence-electron chi connectivity index (χ0n) is 17.3. The summed E-state index contributed by atoms with van der Waals surface area (Å²) in [5.41, 5.74) is 2.50. The number of hydrogen-bond donors (Lipinski definition) is 2. The molecule has 160 valence electrons. The van der Waals surface area contributed by atoms with Crippen molar-refractivity contribution in [1.29, 1.82) is 0 Å². The number of guanidine groups is 1. The average molecular weight is 531 g/mol. The lowest BCUT2D eigenvalue weighted by Crippen LogP contribution is -2.48. The number of aliphatic imine (C=N–C) groups is 1. The van der Waals surface area contributed by atoms with Gasteiger partial charge in [-0.25, -0.2) is 0 Å². The van der Waals surface area contributed by atoms with Gasteiger partial charge in [0.25, 0.3) is 0 Å².